The maximum absolute atomic E-state index is 12.2. The van der Waals surface area contributed by atoms with Gasteiger partial charge < -0.3 is 14.8 Å². The number of rotatable bonds is 7. The lowest BCUT2D eigenvalue weighted by Gasteiger charge is -2.10. The molecule has 0 saturated heterocycles. The average molecular weight is 401 g/mol. The summed E-state index contributed by atoms with van der Waals surface area (Å²) in [5.41, 5.74) is -0.109. The number of nitriles is 1. The number of nitro groups is 1. The van der Waals surface area contributed by atoms with Gasteiger partial charge in [0.2, 0.25) is 0 Å². The number of non-ortho nitro benzene ring substituents is 1. The third kappa shape index (κ3) is 4.99. The summed E-state index contributed by atoms with van der Waals surface area (Å²) in [6.07, 6.45) is 1.88. The number of ether oxygens (including phenoxy) is 2. The van der Waals surface area contributed by atoms with Crippen molar-refractivity contribution in [2.45, 2.75) is 4.90 Å². The molecule has 0 aliphatic heterocycles. The molecule has 2 rings (SSSR count). The fourth-order valence-electron chi connectivity index (χ4n) is 2.21. The maximum Gasteiger partial charge on any atom is 0.342 e. The Morgan fingerprint density at radius 3 is 2.64 bits per heavy atom. The van der Waals surface area contributed by atoms with Crippen LogP contribution in [0.1, 0.15) is 15.9 Å². The number of methoxy groups -OCH3 is 1. The van der Waals surface area contributed by atoms with E-state index in [9.17, 15) is 19.7 Å². The van der Waals surface area contributed by atoms with E-state index in [4.69, 9.17) is 14.7 Å². The highest BCUT2D eigenvalue weighted by molar-refractivity contribution is 7.98. The van der Waals surface area contributed by atoms with Crippen LogP contribution in [0.3, 0.4) is 0 Å². The molecule has 10 heteroatoms. The molecule has 0 atom stereocenters. The second-order valence-corrected chi connectivity index (χ2v) is 6.17. The standard InChI is InChI=1S/C18H15N3O6S/c1-26-16-8-13(28-2)4-5-14(16)18(23)27-10-17(22)20-15-6-3-12(21(24)25)7-11(15)9-19/h3-8H,10H2,1-2H3,(H,20,22). The number of amides is 1. The summed E-state index contributed by atoms with van der Waals surface area (Å²) in [5, 5.41) is 22.2. The lowest BCUT2D eigenvalue weighted by Crippen LogP contribution is -2.21. The van der Waals surface area contributed by atoms with Gasteiger partial charge in [-0.25, -0.2) is 4.79 Å². The second kappa shape index (κ2) is 9.38. The summed E-state index contributed by atoms with van der Waals surface area (Å²) in [4.78, 5) is 35.2. The lowest BCUT2D eigenvalue weighted by atomic mass is 10.1. The van der Waals surface area contributed by atoms with Crippen molar-refractivity contribution in [3.63, 3.8) is 0 Å². The summed E-state index contributed by atoms with van der Waals surface area (Å²) < 4.78 is 10.2. The van der Waals surface area contributed by atoms with Gasteiger partial charge in [-0.1, -0.05) is 0 Å². The first kappa shape index (κ1) is 20.7. The quantitative estimate of drug-likeness (QED) is 0.324. The van der Waals surface area contributed by atoms with Gasteiger partial charge in [-0.05, 0) is 30.5 Å². The molecule has 0 radical (unpaired) electrons. The summed E-state index contributed by atoms with van der Waals surface area (Å²) in [6, 6.07) is 10.1. The van der Waals surface area contributed by atoms with E-state index in [0.29, 0.717) is 5.75 Å². The Hall–Kier alpha value is -3.58. The number of nitrogens with one attached hydrogen (secondary N) is 1. The summed E-state index contributed by atoms with van der Waals surface area (Å²) in [6.45, 7) is -0.603. The van der Waals surface area contributed by atoms with Crippen molar-refractivity contribution in [2.24, 2.45) is 0 Å². The normalized spacial score (nSPS) is 9.89. The molecular formula is C18H15N3O6S. The number of benzene rings is 2. The second-order valence-electron chi connectivity index (χ2n) is 5.29. The highest BCUT2D eigenvalue weighted by atomic mass is 32.2. The monoisotopic (exact) mass is 401 g/mol. The molecule has 1 N–H and O–H groups in total. The minimum atomic E-state index is -0.746. The fourth-order valence-corrected chi connectivity index (χ4v) is 2.64. The van der Waals surface area contributed by atoms with E-state index in [1.807, 2.05) is 6.26 Å². The Bertz CT molecular complexity index is 970. The SMILES string of the molecule is COc1cc(SC)ccc1C(=O)OCC(=O)Nc1ccc([N+](=O)[O-])cc1C#N. The highest BCUT2D eigenvalue weighted by Crippen LogP contribution is 2.26. The summed E-state index contributed by atoms with van der Waals surface area (Å²) >= 11 is 1.48. The highest BCUT2D eigenvalue weighted by Gasteiger charge is 2.17. The Balaban J connectivity index is 2.04. The van der Waals surface area contributed by atoms with Crippen LogP contribution in [0.5, 0.6) is 5.75 Å². The number of nitro benzene ring substituents is 1. The van der Waals surface area contributed by atoms with Gasteiger partial charge >= 0.3 is 5.97 Å². The Kier molecular flexibility index (Phi) is 6.95. The number of anilines is 1. The van der Waals surface area contributed by atoms with Crippen molar-refractivity contribution in [1.82, 2.24) is 0 Å². The Labute approximate surface area is 164 Å². The molecule has 0 fully saturated rings. The van der Waals surface area contributed by atoms with E-state index in [1.165, 1.54) is 31.0 Å². The van der Waals surface area contributed by atoms with Gasteiger partial charge in [0.1, 0.15) is 17.4 Å². The molecule has 28 heavy (non-hydrogen) atoms. The van der Waals surface area contributed by atoms with Crippen LogP contribution in [0.25, 0.3) is 0 Å². The molecule has 0 aliphatic rings. The molecule has 0 bridgehead atoms. The van der Waals surface area contributed by atoms with Crippen molar-refractivity contribution in [3.05, 3.63) is 57.6 Å². The maximum atomic E-state index is 12.2. The van der Waals surface area contributed by atoms with Crippen LogP contribution in [-0.2, 0) is 9.53 Å². The zero-order chi connectivity index (χ0) is 20.7. The lowest BCUT2D eigenvalue weighted by molar-refractivity contribution is -0.384. The molecule has 1 amide bonds. The molecule has 144 valence electrons. The van der Waals surface area contributed by atoms with Crippen LogP contribution in [-0.4, -0.2) is 36.8 Å². The molecule has 2 aromatic rings. The van der Waals surface area contributed by atoms with Crippen LogP contribution >= 0.6 is 11.8 Å². The van der Waals surface area contributed by atoms with Gasteiger partial charge in [-0.2, -0.15) is 5.26 Å². The van der Waals surface area contributed by atoms with Gasteiger partial charge in [0, 0.05) is 17.0 Å². The van der Waals surface area contributed by atoms with Crippen molar-refractivity contribution < 1.29 is 24.0 Å². The van der Waals surface area contributed by atoms with Crippen LogP contribution in [0.15, 0.2) is 41.3 Å². The summed E-state index contributed by atoms with van der Waals surface area (Å²) in [5.74, 6) is -1.12. The van der Waals surface area contributed by atoms with Gasteiger partial charge in [0.05, 0.1) is 23.3 Å². The molecule has 2 aromatic carbocycles. The van der Waals surface area contributed by atoms with Crippen molar-refractivity contribution >= 4 is 35.0 Å². The van der Waals surface area contributed by atoms with Crippen LogP contribution < -0.4 is 10.1 Å². The van der Waals surface area contributed by atoms with Gasteiger partial charge in [-0.15, -0.1) is 11.8 Å². The van der Waals surface area contributed by atoms with E-state index >= 15 is 0 Å². The van der Waals surface area contributed by atoms with Crippen LogP contribution in [0, 0.1) is 21.4 Å². The zero-order valence-electron chi connectivity index (χ0n) is 14.9. The van der Waals surface area contributed by atoms with Gasteiger partial charge in [0.25, 0.3) is 11.6 Å². The number of hydrogen-bond donors (Lipinski definition) is 1. The molecule has 0 aliphatic carbocycles. The van der Waals surface area contributed by atoms with E-state index < -0.39 is 23.4 Å². The van der Waals surface area contributed by atoms with Gasteiger partial charge in [0.15, 0.2) is 6.61 Å². The number of thioether (sulfide) groups is 1. The third-order valence-electron chi connectivity index (χ3n) is 3.57. The number of esters is 1. The number of carbonyl (C=O) groups excluding carboxylic acids is 2. The van der Waals surface area contributed by atoms with E-state index in [0.717, 1.165) is 17.0 Å². The number of hydrogen-bond acceptors (Lipinski definition) is 8. The Morgan fingerprint density at radius 2 is 2.04 bits per heavy atom. The van der Waals surface area contributed by atoms with Gasteiger partial charge in [-0.3, -0.25) is 14.9 Å². The first-order valence-electron chi connectivity index (χ1n) is 7.77. The molecule has 9 nitrogen and oxygen atoms in total. The predicted molar refractivity (Wildman–Crippen MR) is 101 cm³/mol. The number of nitrogens with zero attached hydrogens (tertiary/aromatic N) is 2. The van der Waals surface area contributed by atoms with Crippen molar-refractivity contribution in [2.75, 3.05) is 25.3 Å². The van der Waals surface area contributed by atoms with Crippen molar-refractivity contribution in [3.8, 4) is 11.8 Å². The van der Waals surface area contributed by atoms with E-state index in [-0.39, 0.29) is 22.5 Å². The summed E-state index contributed by atoms with van der Waals surface area (Å²) in [7, 11) is 1.42. The molecule has 0 unspecified atom stereocenters. The minimum absolute atomic E-state index is 0.0797. The van der Waals surface area contributed by atoms with Crippen LogP contribution in [0.2, 0.25) is 0 Å². The molecule has 0 heterocycles. The molecule has 0 saturated carbocycles. The zero-order valence-corrected chi connectivity index (χ0v) is 15.7. The van der Waals surface area contributed by atoms with Crippen LogP contribution in [0.4, 0.5) is 11.4 Å². The third-order valence-corrected chi connectivity index (χ3v) is 4.30. The molecular weight excluding hydrogens is 386 g/mol. The minimum Gasteiger partial charge on any atom is -0.496 e. The fraction of sp³-hybridized carbons (Fsp3) is 0.167. The topological polar surface area (TPSA) is 132 Å². The van der Waals surface area contributed by atoms with E-state index in [2.05, 4.69) is 5.32 Å². The first-order valence-corrected chi connectivity index (χ1v) is 8.99. The van der Waals surface area contributed by atoms with Crippen molar-refractivity contribution in [1.29, 1.82) is 5.26 Å². The smallest absolute Gasteiger partial charge is 0.342 e. The average Bonchev–Trinajstić information content (AvgIpc) is 2.71. The predicted octanol–water partition coefficient (Wildman–Crippen LogP) is 2.99. The first-order chi connectivity index (χ1) is 13.4. The number of carbonyl (C=O) groups is 2. The molecule has 0 aromatic heterocycles. The Morgan fingerprint density at radius 1 is 1.29 bits per heavy atom. The molecule has 0 spiro atoms. The largest absolute Gasteiger partial charge is 0.496 e. The van der Waals surface area contributed by atoms with E-state index in [1.54, 1.807) is 18.2 Å².